The second kappa shape index (κ2) is 7.29. The molecule has 0 saturated heterocycles. The standard InChI is InChI=1S/C12H17N3O3/c1-9(16)14-10-4-3-5-11(8-10)15-12(17)13-6-7-18-2/h3-5,8H,6-7H2,1-2H3,(H,14,16)(H2,13,15,17). The predicted molar refractivity (Wildman–Crippen MR) is 69.6 cm³/mol. The third-order valence-electron chi connectivity index (χ3n) is 2.03. The van der Waals surface area contributed by atoms with E-state index in [9.17, 15) is 9.59 Å². The van der Waals surface area contributed by atoms with Crippen LogP contribution in [0.1, 0.15) is 6.92 Å². The van der Waals surface area contributed by atoms with Crippen molar-refractivity contribution in [2.45, 2.75) is 6.92 Å². The number of nitrogens with one attached hydrogen (secondary N) is 3. The molecule has 98 valence electrons. The Morgan fingerprint density at radius 2 is 1.89 bits per heavy atom. The Morgan fingerprint density at radius 1 is 1.22 bits per heavy atom. The van der Waals surface area contributed by atoms with Gasteiger partial charge in [-0.15, -0.1) is 0 Å². The number of carbonyl (C=O) groups is 2. The topological polar surface area (TPSA) is 79.5 Å². The van der Waals surface area contributed by atoms with Crippen LogP contribution in [0.4, 0.5) is 16.2 Å². The molecule has 6 heteroatoms. The first-order valence-electron chi connectivity index (χ1n) is 5.53. The summed E-state index contributed by atoms with van der Waals surface area (Å²) >= 11 is 0. The lowest BCUT2D eigenvalue weighted by atomic mass is 10.3. The largest absolute Gasteiger partial charge is 0.383 e. The first-order chi connectivity index (χ1) is 8.61. The van der Waals surface area contributed by atoms with E-state index in [0.717, 1.165) is 0 Å². The molecule has 0 atom stereocenters. The van der Waals surface area contributed by atoms with Crippen LogP contribution in [0.25, 0.3) is 0 Å². The SMILES string of the molecule is COCCNC(=O)Nc1cccc(NC(C)=O)c1. The third kappa shape index (κ3) is 5.31. The summed E-state index contributed by atoms with van der Waals surface area (Å²) in [6, 6.07) is 6.59. The number of urea groups is 1. The number of carbonyl (C=O) groups excluding carboxylic acids is 2. The molecule has 0 aliphatic rings. The van der Waals surface area contributed by atoms with Crippen molar-refractivity contribution < 1.29 is 14.3 Å². The van der Waals surface area contributed by atoms with Gasteiger partial charge >= 0.3 is 6.03 Å². The van der Waals surface area contributed by atoms with Crippen molar-refractivity contribution in [3.05, 3.63) is 24.3 Å². The molecule has 1 aromatic rings. The molecule has 1 rings (SSSR count). The average molecular weight is 251 g/mol. The zero-order valence-corrected chi connectivity index (χ0v) is 10.4. The zero-order valence-electron chi connectivity index (χ0n) is 10.4. The Morgan fingerprint density at radius 3 is 2.50 bits per heavy atom. The lowest BCUT2D eigenvalue weighted by molar-refractivity contribution is -0.114. The molecule has 3 amide bonds. The van der Waals surface area contributed by atoms with Crippen LogP contribution in [0.3, 0.4) is 0 Å². The van der Waals surface area contributed by atoms with Gasteiger partial charge in [0.25, 0.3) is 0 Å². The molecule has 0 aliphatic carbocycles. The van der Waals surface area contributed by atoms with Gasteiger partial charge in [-0.25, -0.2) is 4.79 Å². The Bertz CT molecular complexity index is 421. The molecular weight excluding hydrogens is 234 g/mol. The fourth-order valence-electron chi connectivity index (χ4n) is 1.32. The highest BCUT2D eigenvalue weighted by molar-refractivity contribution is 5.92. The van der Waals surface area contributed by atoms with Crippen LogP contribution in [0, 0.1) is 0 Å². The Kier molecular flexibility index (Phi) is 5.66. The highest BCUT2D eigenvalue weighted by atomic mass is 16.5. The van der Waals surface area contributed by atoms with Crippen LogP contribution in [-0.4, -0.2) is 32.2 Å². The number of amides is 3. The maximum atomic E-state index is 11.5. The van der Waals surface area contributed by atoms with Gasteiger partial charge in [-0.2, -0.15) is 0 Å². The van der Waals surface area contributed by atoms with Gasteiger partial charge in [0, 0.05) is 32.0 Å². The molecule has 0 aliphatic heterocycles. The molecular formula is C12H17N3O3. The van der Waals surface area contributed by atoms with Crippen molar-refractivity contribution in [1.29, 1.82) is 0 Å². The average Bonchev–Trinajstić information content (AvgIpc) is 2.28. The van der Waals surface area contributed by atoms with Crippen molar-refractivity contribution in [1.82, 2.24) is 5.32 Å². The number of hydrogen-bond donors (Lipinski definition) is 3. The second-order valence-electron chi connectivity index (χ2n) is 3.64. The van der Waals surface area contributed by atoms with Crippen LogP contribution in [0.15, 0.2) is 24.3 Å². The van der Waals surface area contributed by atoms with Crippen LogP contribution >= 0.6 is 0 Å². The minimum absolute atomic E-state index is 0.156. The van der Waals surface area contributed by atoms with E-state index in [2.05, 4.69) is 16.0 Å². The summed E-state index contributed by atoms with van der Waals surface area (Å²) in [6.45, 7) is 2.32. The number of rotatable bonds is 5. The summed E-state index contributed by atoms with van der Waals surface area (Å²) in [5, 5.41) is 7.93. The lowest BCUT2D eigenvalue weighted by Gasteiger charge is -2.08. The van der Waals surface area contributed by atoms with Gasteiger partial charge in [0.05, 0.1) is 6.61 Å². The summed E-state index contributed by atoms with van der Waals surface area (Å²) in [4.78, 5) is 22.4. The van der Waals surface area contributed by atoms with Crippen LogP contribution in [0.2, 0.25) is 0 Å². The van der Waals surface area contributed by atoms with E-state index in [-0.39, 0.29) is 11.9 Å². The van der Waals surface area contributed by atoms with E-state index in [0.29, 0.717) is 24.5 Å². The predicted octanol–water partition coefficient (Wildman–Crippen LogP) is 1.41. The Hall–Kier alpha value is -2.08. The van der Waals surface area contributed by atoms with Gasteiger partial charge in [-0.05, 0) is 18.2 Å². The molecule has 0 aromatic heterocycles. The smallest absolute Gasteiger partial charge is 0.319 e. The molecule has 0 radical (unpaired) electrons. The molecule has 0 spiro atoms. The Balaban J connectivity index is 2.51. The van der Waals surface area contributed by atoms with Crippen LogP contribution < -0.4 is 16.0 Å². The minimum atomic E-state index is -0.313. The van der Waals surface area contributed by atoms with E-state index >= 15 is 0 Å². The third-order valence-corrected chi connectivity index (χ3v) is 2.03. The van der Waals surface area contributed by atoms with E-state index in [1.165, 1.54) is 6.92 Å². The van der Waals surface area contributed by atoms with Crippen LogP contribution in [0.5, 0.6) is 0 Å². The number of methoxy groups -OCH3 is 1. The summed E-state index contributed by atoms with van der Waals surface area (Å²) in [7, 11) is 1.57. The highest BCUT2D eigenvalue weighted by Gasteiger charge is 2.02. The molecule has 0 unspecified atom stereocenters. The van der Waals surface area contributed by atoms with E-state index in [1.807, 2.05) is 0 Å². The number of anilines is 2. The van der Waals surface area contributed by atoms with Crippen molar-refractivity contribution in [3.63, 3.8) is 0 Å². The van der Waals surface area contributed by atoms with Gasteiger partial charge in [0.2, 0.25) is 5.91 Å². The van der Waals surface area contributed by atoms with Crippen molar-refractivity contribution in [2.75, 3.05) is 30.9 Å². The molecule has 0 fully saturated rings. The molecule has 1 aromatic carbocycles. The molecule has 3 N–H and O–H groups in total. The van der Waals surface area contributed by atoms with Crippen molar-refractivity contribution in [2.24, 2.45) is 0 Å². The summed E-state index contributed by atoms with van der Waals surface area (Å²) in [6.07, 6.45) is 0. The maximum Gasteiger partial charge on any atom is 0.319 e. The number of benzene rings is 1. The monoisotopic (exact) mass is 251 g/mol. The van der Waals surface area contributed by atoms with Gasteiger partial charge < -0.3 is 20.7 Å². The highest BCUT2D eigenvalue weighted by Crippen LogP contribution is 2.14. The van der Waals surface area contributed by atoms with Crippen molar-refractivity contribution >= 4 is 23.3 Å². The summed E-state index contributed by atoms with van der Waals surface area (Å²) in [5.74, 6) is -0.156. The quantitative estimate of drug-likeness (QED) is 0.692. The molecule has 0 saturated carbocycles. The first-order valence-corrected chi connectivity index (χ1v) is 5.53. The molecule has 0 heterocycles. The van der Waals surface area contributed by atoms with Gasteiger partial charge in [-0.3, -0.25) is 4.79 Å². The molecule has 0 bridgehead atoms. The van der Waals surface area contributed by atoms with Crippen molar-refractivity contribution in [3.8, 4) is 0 Å². The van der Waals surface area contributed by atoms with Gasteiger partial charge in [-0.1, -0.05) is 6.07 Å². The zero-order chi connectivity index (χ0) is 13.4. The maximum absolute atomic E-state index is 11.5. The molecule has 18 heavy (non-hydrogen) atoms. The van der Waals surface area contributed by atoms with E-state index in [4.69, 9.17) is 4.74 Å². The fourth-order valence-corrected chi connectivity index (χ4v) is 1.32. The molecule has 6 nitrogen and oxygen atoms in total. The van der Waals surface area contributed by atoms with Gasteiger partial charge in [0.1, 0.15) is 0 Å². The van der Waals surface area contributed by atoms with Gasteiger partial charge in [0.15, 0.2) is 0 Å². The van der Waals surface area contributed by atoms with E-state index in [1.54, 1.807) is 31.4 Å². The second-order valence-corrected chi connectivity index (χ2v) is 3.64. The Labute approximate surface area is 106 Å². The first kappa shape index (κ1) is 14.0. The fraction of sp³-hybridized carbons (Fsp3) is 0.333. The number of hydrogen-bond acceptors (Lipinski definition) is 3. The summed E-state index contributed by atoms with van der Waals surface area (Å²) in [5.41, 5.74) is 1.24. The van der Waals surface area contributed by atoms with E-state index < -0.39 is 0 Å². The summed E-state index contributed by atoms with van der Waals surface area (Å²) < 4.78 is 4.82. The number of ether oxygens (including phenoxy) is 1. The normalized spacial score (nSPS) is 9.67. The minimum Gasteiger partial charge on any atom is -0.383 e. The van der Waals surface area contributed by atoms with Crippen LogP contribution in [-0.2, 0) is 9.53 Å². The lowest BCUT2D eigenvalue weighted by Crippen LogP contribution is -2.31.